The van der Waals surface area contributed by atoms with E-state index in [2.05, 4.69) is 65.8 Å². The lowest BCUT2D eigenvalue weighted by Gasteiger charge is -2.10. The van der Waals surface area contributed by atoms with Crippen LogP contribution in [0.2, 0.25) is 0 Å². The molecule has 4 aromatic rings. The number of pyridine rings is 1. The quantitative estimate of drug-likeness (QED) is 0.452. The van der Waals surface area contributed by atoms with Crippen molar-refractivity contribution in [3.8, 4) is 0 Å². The number of hydrogen-bond acceptors (Lipinski definition) is 1. The molecule has 0 spiro atoms. The van der Waals surface area contributed by atoms with Crippen LogP contribution in [-0.4, -0.2) is 24.7 Å². The van der Waals surface area contributed by atoms with Gasteiger partial charge in [-0.05, 0) is 32.0 Å². The van der Waals surface area contributed by atoms with E-state index in [1.165, 1.54) is 16.3 Å². The zero-order chi connectivity index (χ0) is 18.4. The maximum Gasteiger partial charge on any atom is 0.501 e. The van der Waals surface area contributed by atoms with Crippen molar-refractivity contribution in [3.63, 3.8) is 0 Å². The molecule has 0 amide bonds. The van der Waals surface area contributed by atoms with Crippen molar-refractivity contribution in [1.82, 2.24) is 9.55 Å². The standard InChI is InChI=1S/C23H20N4/c1-17(2)27-22-15-19(10-11-20(22)21-9-6-12-24-23(21)27)26-14-13-25(16-26)18-7-4-3-5-8-18/h3-15,17H,1-2H3/q+2. The molecule has 0 unspecified atom stereocenters. The molecular weight excluding hydrogens is 332 g/mol. The Labute approximate surface area is 157 Å². The predicted octanol–water partition coefficient (Wildman–Crippen LogP) is 5.42. The van der Waals surface area contributed by atoms with Gasteiger partial charge in [0.1, 0.15) is 5.65 Å². The van der Waals surface area contributed by atoms with E-state index < -0.39 is 0 Å². The number of fused-ring (bicyclic) bond motifs is 3. The van der Waals surface area contributed by atoms with Crippen molar-refractivity contribution in [2.45, 2.75) is 19.9 Å². The van der Waals surface area contributed by atoms with Gasteiger partial charge in [0, 0.05) is 47.3 Å². The first kappa shape index (κ1) is 15.7. The maximum absolute atomic E-state index is 4.63. The number of rotatable bonds is 3. The van der Waals surface area contributed by atoms with Crippen molar-refractivity contribution in [2.24, 2.45) is 0 Å². The fraction of sp³-hybridized carbons (Fsp3) is 0.130. The average Bonchev–Trinajstić information content (AvgIpc) is 3.31. The van der Waals surface area contributed by atoms with Crippen molar-refractivity contribution >= 4 is 39.3 Å². The molecule has 0 fully saturated rings. The largest absolute Gasteiger partial charge is 0.501 e. The molecule has 2 aromatic heterocycles. The SMILES string of the molecule is CC(C)n1c2cc([N+]3=C=[N+](c4ccccc4)C=C3)ccc2c2cccnc21. The number of hydrogen-bond donors (Lipinski definition) is 0. The minimum absolute atomic E-state index is 0.332. The van der Waals surface area contributed by atoms with Gasteiger partial charge < -0.3 is 4.57 Å². The normalized spacial score (nSPS) is 13.6. The lowest BCUT2D eigenvalue weighted by atomic mass is 10.2. The third-order valence-corrected chi connectivity index (χ3v) is 4.96. The lowest BCUT2D eigenvalue weighted by molar-refractivity contribution is -0.387. The fourth-order valence-electron chi connectivity index (χ4n) is 3.73. The zero-order valence-corrected chi connectivity index (χ0v) is 15.4. The monoisotopic (exact) mass is 352 g/mol. The van der Waals surface area contributed by atoms with Crippen LogP contribution in [0.25, 0.3) is 21.9 Å². The van der Waals surface area contributed by atoms with Crippen molar-refractivity contribution < 1.29 is 9.15 Å². The second kappa shape index (κ2) is 6.04. The molecule has 2 aromatic carbocycles. The number of nitrogens with zero attached hydrogens (tertiary/aromatic N) is 4. The second-order valence-corrected chi connectivity index (χ2v) is 7.01. The maximum atomic E-state index is 4.63. The summed E-state index contributed by atoms with van der Waals surface area (Å²) < 4.78 is 6.34. The molecule has 0 aliphatic carbocycles. The van der Waals surface area contributed by atoms with Crippen molar-refractivity contribution in [3.05, 3.63) is 79.3 Å². The summed E-state index contributed by atoms with van der Waals surface area (Å²) in [6.45, 7) is 4.40. The van der Waals surface area contributed by atoms with Crippen LogP contribution in [0.15, 0.2) is 79.3 Å². The third kappa shape index (κ3) is 2.50. The predicted molar refractivity (Wildman–Crippen MR) is 108 cm³/mol. The first-order valence-corrected chi connectivity index (χ1v) is 9.19. The molecule has 0 radical (unpaired) electrons. The lowest BCUT2D eigenvalue weighted by Crippen LogP contribution is -2.01. The highest BCUT2D eigenvalue weighted by Gasteiger charge is 2.23. The minimum atomic E-state index is 0.332. The fourth-order valence-corrected chi connectivity index (χ4v) is 3.73. The topological polar surface area (TPSA) is 23.8 Å². The Morgan fingerprint density at radius 3 is 2.41 bits per heavy atom. The van der Waals surface area contributed by atoms with E-state index in [0.29, 0.717) is 6.04 Å². The molecule has 130 valence electrons. The van der Waals surface area contributed by atoms with Gasteiger partial charge in [0.05, 0.1) is 5.52 Å². The summed E-state index contributed by atoms with van der Waals surface area (Å²) in [5.74, 6) is 0. The molecule has 3 heterocycles. The summed E-state index contributed by atoms with van der Waals surface area (Å²) in [5, 5.41) is 2.43. The molecule has 5 rings (SSSR count). The summed E-state index contributed by atoms with van der Waals surface area (Å²) in [5.41, 5.74) is 4.42. The van der Waals surface area contributed by atoms with Crippen molar-refractivity contribution in [1.29, 1.82) is 0 Å². The smallest absolute Gasteiger partial charge is 0.323 e. The van der Waals surface area contributed by atoms with Gasteiger partial charge in [-0.1, -0.05) is 27.4 Å². The minimum Gasteiger partial charge on any atom is -0.323 e. The molecule has 0 saturated heterocycles. The van der Waals surface area contributed by atoms with Gasteiger partial charge >= 0.3 is 6.01 Å². The molecule has 4 heteroatoms. The van der Waals surface area contributed by atoms with E-state index in [0.717, 1.165) is 17.0 Å². The number of aromatic nitrogens is 2. The van der Waals surface area contributed by atoms with E-state index in [4.69, 9.17) is 0 Å². The molecule has 0 bridgehead atoms. The van der Waals surface area contributed by atoms with Gasteiger partial charge in [-0.25, -0.2) is 4.98 Å². The van der Waals surface area contributed by atoms with Crippen LogP contribution in [0.4, 0.5) is 11.4 Å². The van der Waals surface area contributed by atoms with Crippen LogP contribution in [-0.2, 0) is 0 Å². The highest BCUT2D eigenvalue weighted by atomic mass is 15.1. The Morgan fingerprint density at radius 1 is 0.852 bits per heavy atom. The molecule has 0 atom stereocenters. The summed E-state index contributed by atoms with van der Waals surface area (Å²) in [7, 11) is 0. The average molecular weight is 352 g/mol. The molecule has 0 saturated carbocycles. The molecule has 0 N–H and O–H groups in total. The number of para-hydroxylation sites is 1. The number of benzene rings is 2. The molecule has 4 nitrogen and oxygen atoms in total. The van der Waals surface area contributed by atoms with Gasteiger partial charge in [0.25, 0.3) is 12.4 Å². The van der Waals surface area contributed by atoms with Crippen LogP contribution in [0.1, 0.15) is 19.9 Å². The van der Waals surface area contributed by atoms with Crippen molar-refractivity contribution in [2.75, 3.05) is 0 Å². The Hall–Kier alpha value is -3.49. The summed E-state index contributed by atoms with van der Waals surface area (Å²) in [4.78, 5) is 4.63. The molecule has 27 heavy (non-hydrogen) atoms. The van der Waals surface area contributed by atoms with Crippen LogP contribution in [0.5, 0.6) is 0 Å². The van der Waals surface area contributed by atoms with E-state index in [1.54, 1.807) is 0 Å². The Bertz CT molecular complexity index is 1270. The van der Waals surface area contributed by atoms with Crippen LogP contribution < -0.4 is 0 Å². The Morgan fingerprint density at radius 2 is 1.63 bits per heavy atom. The van der Waals surface area contributed by atoms with Gasteiger partial charge in [-0.3, -0.25) is 0 Å². The Balaban J connectivity index is 1.72. The van der Waals surface area contributed by atoms with Crippen LogP contribution >= 0.6 is 0 Å². The highest BCUT2D eigenvalue weighted by molar-refractivity contribution is 6.07. The van der Waals surface area contributed by atoms with Crippen LogP contribution in [0.3, 0.4) is 0 Å². The first-order valence-electron chi connectivity index (χ1n) is 9.19. The zero-order valence-electron chi connectivity index (χ0n) is 15.4. The summed E-state index contributed by atoms with van der Waals surface area (Å²) in [6, 6.07) is 24.7. The molecule has 1 aliphatic rings. The molecular formula is C23H20N4+2. The van der Waals surface area contributed by atoms with Crippen LogP contribution in [0, 0.1) is 0 Å². The van der Waals surface area contributed by atoms with E-state index >= 15 is 0 Å². The van der Waals surface area contributed by atoms with Gasteiger partial charge in [0.15, 0.2) is 0 Å². The van der Waals surface area contributed by atoms with E-state index in [-0.39, 0.29) is 0 Å². The highest BCUT2D eigenvalue weighted by Crippen LogP contribution is 2.33. The van der Waals surface area contributed by atoms with Gasteiger partial charge in [0.2, 0.25) is 11.4 Å². The van der Waals surface area contributed by atoms with Gasteiger partial charge in [-0.2, -0.15) is 0 Å². The third-order valence-electron chi connectivity index (χ3n) is 4.96. The summed E-state index contributed by atoms with van der Waals surface area (Å²) in [6.07, 6.45) is 5.93. The first-order chi connectivity index (χ1) is 13.2. The van der Waals surface area contributed by atoms with Gasteiger partial charge in [-0.15, -0.1) is 0 Å². The van der Waals surface area contributed by atoms with E-state index in [9.17, 15) is 0 Å². The Kier molecular flexibility index (Phi) is 3.52. The molecule has 1 aliphatic heterocycles. The summed E-state index contributed by atoms with van der Waals surface area (Å²) >= 11 is 0. The van der Waals surface area contributed by atoms with E-state index in [1.807, 2.05) is 52.0 Å². The second-order valence-electron chi connectivity index (χ2n) is 7.01.